The van der Waals surface area contributed by atoms with Crippen molar-refractivity contribution >= 4 is 11.9 Å². The van der Waals surface area contributed by atoms with Gasteiger partial charge in [0, 0.05) is 37.7 Å². The van der Waals surface area contributed by atoms with Crippen molar-refractivity contribution in [3.63, 3.8) is 0 Å². The van der Waals surface area contributed by atoms with Gasteiger partial charge in [-0.2, -0.15) is 0 Å². The molecule has 1 aliphatic rings. The first kappa shape index (κ1) is 25.4. The molecule has 1 fully saturated rings. The molecule has 184 valence electrons. The molecule has 0 aliphatic heterocycles. The fraction of sp³-hybridized carbons (Fsp3) is 0.500. The van der Waals surface area contributed by atoms with E-state index < -0.39 is 46.8 Å². The number of carbonyl (C=O) groups is 2. The summed E-state index contributed by atoms with van der Waals surface area (Å²) in [4.78, 5) is 52.2. The summed E-state index contributed by atoms with van der Waals surface area (Å²) in [5, 5.41) is 30.2. The monoisotopic (exact) mass is 473 g/mol. The number of aromatic amines is 1. The molecule has 1 aromatic heterocycles. The second kappa shape index (κ2) is 10.4. The Morgan fingerprint density at radius 3 is 2.41 bits per heavy atom. The molecule has 10 nitrogen and oxygen atoms in total. The van der Waals surface area contributed by atoms with Gasteiger partial charge >= 0.3 is 11.7 Å². The van der Waals surface area contributed by atoms with Crippen LogP contribution >= 0.6 is 0 Å². The van der Waals surface area contributed by atoms with Gasteiger partial charge in [-0.3, -0.25) is 23.9 Å². The van der Waals surface area contributed by atoms with Crippen LogP contribution in [0.3, 0.4) is 0 Å². The van der Waals surface area contributed by atoms with Crippen molar-refractivity contribution in [2.24, 2.45) is 11.3 Å². The van der Waals surface area contributed by atoms with E-state index in [0.29, 0.717) is 0 Å². The van der Waals surface area contributed by atoms with Crippen LogP contribution in [0.4, 0.5) is 0 Å². The van der Waals surface area contributed by atoms with Crippen LogP contribution in [0.25, 0.3) is 0 Å². The Morgan fingerprint density at radius 1 is 1.12 bits per heavy atom. The minimum absolute atomic E-state index is 0.00671. The minimum atomic E-state index is -1.26. The Hall–Kier alpha value is -3.24. The molecule has 10 heteroatoms. The number of nitrogens with one attached hydrogen (secondary N) is 1. The number of aliphatic hydroxyl groups is 2. The van der Waals surface area contributed by atoms with Gasteiger partial charge in [0.05, 0.1) is 18.6 Å². The van der Waals surface area contributed by atoms with Crippen LogP contribution in [0.1, 0.15) is 44.7 Å². The third kappa shape index (κ3) is 6.21. The number of aromatic nitrogens is 2. The minimum Gasteiger partial charge on any atom is -0.481 e. The summed E-state index contributed by atoms with van der Waals surface area (Å²) in [6.45, 7) is 3.80. The molecule has 3 rings (SSSR count). The number of benzene rings is 1. The fourth-order valence-electron chi connectivity index (χ4n) is 4.67. The van der Waals surface area contributed by atoms with Gasteiger partial charge in [0.1, 0.15) is 6.10 Å². The maximum Gasteiger partial charge on any atom is 0.328 e. The van der Waals surface area contributed by atoms with Crippen molar-refractivity contribution in [2.75, 3.05) is 6.54 Å². The molecule has 0 saturated heterocycles. The van der Waals surface area contributed by atoms with E-state index in [-0.39, 0.29) is 38.3 Å². The Morgan fingerprint density at radius 2 is 1.79 bits per heavy atom. The quantitative estimate of drug-likeness (QED) is 0.419. The Balaban J connectivity index is 1.90. The number of amides is 1. The van der Waals surface area contributed by atoms with Crippen LogP contribution in [0.5, 0.6) is 0 Å². The number of aliphatic carboxylic acids is 1. The second-order valence-electron chi connectivity index (χ2n) is 9.73. The second-order valence-corrected chi connectivity index (χ2v) is 9.73. The highest BCUT2D eigenvalue weighted by Crippen LogP contribution is 2.37. The fourth-order valence-corrected chi connectivity index (χ4v) is 4.67. The summed E-state index contributed by atoms with van der Waals surface area (Å²) in [5.41, 5.74) is -1.20. The van der Waals surface area contributed by atoms with Crippen LogP contribution in [-0.4, -0.2) is 60.4 Å². The first-order valence-corrected chi connectivity index (χ1v) is 11.2. The summed E-state index contributed by atoms with van der Waals surface area (Å²) in [6, 6.07) is 9.59. The third-order valence-electron chi connectivity index (χ3n) is 6.23. The number of hydrogen-bond acceptors (Lipinski definition) is 6. The summed E-state index contributed by atoms with van der Waals surface area (Å²) in [7, 11) is 0. The summed E-state index contributed by atoms with van der Waals surface area (Å²) < 4.78 is 1.19. The third-order valence-corrected chi connectivity index (χ3v) is 6.23. The van der Waals surface area contributed by atoms with E-state index in [1.54, 1.807) is 18.7 Å². The zero-order valence-electron chi connectivity index (χ0n) is 19.3. The number of carbonyl (C=O) groups excluding carboxylic acids is 1. The normalized spacial score (nSPS) is 22.5. The smallest absolute Gasteiger partial charge is 0.328 e. The van der Waals surface area contributed by atoms with Crippen LogP contribution in [0.2, 0.25) is 0 Å². The van der Waals surface area contributed by atoms with Gasteiger partial charge < -0.3 is 20.2 Å². The van der Waals surface area contributed by atoms with Gasteiger partial charge in [-0.25, -0.2) is 4.79 Å². The number of aliphatic hydroxyl groups excluding tert-OH is 2. The largest absolute Gasteiger partial charge is 0.481 e. The predicted octanol–water partition coefficient (Wildman–Crippen LogP) is 0.739. The summed E-state index contributed by atoms with van der Waals surface area (Å²) in [6.07, 6.45) is -1.12. The van der Waals surface area contributed by atoms with Crippen molar-refractivity contribution in [3.05, 3.63) is 69.0 Å². The molecule has 4 atom stereocenters. The lowest BCUT2D eigenvalue weighted by atomic mass is 9.85. The average molecular weight is 474 g/mol. The van der Waals surface area contributed by atoms with Gasteiger partial charge in [0.2, 0.25) is 5.91 Å². The van der Waals surface area contributed by atoms with E-state index in [1.807, 2.05) is 30.3 Å². The Kier molecular flexibility index (Phi) is 7.73. The highest BCUT2D eigenvalue weighted by molar-refractivity contribution is 5.78. The first-order valence-electron chi connectivity index (χ1n) is 11.2. The number of hydrogen-bond donors (Lipinski definition) is 4. The van der Waals surface area contributed by atoms with E-state index >= 15 is 0 Å². The van der Waals surface area contributed by atoms with Crippen LogP contribution in [0.15, 0.2) is 52.2 Å². The van der Waals surface area contributed by atoms with Crippen molar-refractivity contribution in [1.82, 2.24) is 14.5 Å². The highest BCUT2D eigenvalue weighted by Gasteiger charge is 2.44. The lowest BCUT2D eigenvalue weighted by molar-refractivity contribution is -0.141. The van der Waals surface area contributed by atoms with E-state index in [9.17, 15) is 34.5 Å². The predicted molar refractivity (Wildman–Crippen MR) is 123 cm³/mol. The van der Waals surface area contributed by atoms with Crippen molar-refractivity contribution in [3.8, 4) is 0 Å². The van der Waals surface area contributed by atoms with Crippen molar-refractivity contribution < 1.29 is 24.9 Å². The van der Waals surface area contributed by atoms with Crippen LogP contribution < -0.4 is 11.2 Å². The summed E-state index contributed by atoms with van der Waals surface area (Å²) >= 11 is 0. The molecule has 0 spiro atoms. The molecule has 0 unspecified atom stereocenters. The lowest BCUT2D eigenvalue weighted by Gasteiger charge is -2.32. The zero-order valence-corrected chi connectivity index (χ0v) is 19.3. The Bertz CT molecular complexity index is 1130. The molecule has 1 saturated carbocycles. The van der Waals surface area contributed by atoms with Gasteiger partial charge in [-0.1, -0.05) is 44.2 Å². The molecule has 1 heterocycles. The molecule has 1 amide bonds. The molecule has 1 aliphatic carbocycles. The van der Waals surface area contributed by atoms with Crippen molar-refractivity contribution in [2.45, 2.75) is 57.9 Å². The highest BCUT2D eigenvalue weighted by atomic mass is 16.4. The zero-order chi connectivity index (χ0) is 25.0. The number of nitrogens with zero attached hydrogens (tertiary/aromatic N) is 2. The molecule has 2 aromatic rings. The standard InChI is InChI=1S/C24H31N3O7/c1-24(2,12-20(31)32)11-19(30)26(13-15-6-4-3-5-7-15)14-16-10-17(28)22(33)21(16)27-9-8-18(29)25-23(27)34/h3-9,16-17,21-22,28,33H,10-14H2,1-2H3,(H,31,32)(H,25,29,34)/t16-,17-,21-,22-/m0/s1. The van der Waals surface area contributed by atoms with Gasteiger partial charge in [0.25, 0.3) is 5.56 Å². The lowest BCUT2D eigenvalue weighted by Crippen LogP contribution is -2.42. The molecular formula is C24H31N3O7. The average Bonchev–Trinajstić information content (AvgIpc) is 3.00. The molecule has 34 heavy (non-hydrogen) atoms. The summed E-state index contributed by atoms with van der Waals surface area (Å²) in [5.74, 6) is -1.74. The van der Waals surface area contributed by atoms with Crippen molar-refractivity contribution in [1.29, 1.82) is 0 Å². The number of carboxylic acids is 1. The molecule has 0 radical (unpaired) electrons. The first-order chi connectivity index (χ1) is 16.0. The number of carboxylic acid groups (broad SMARTS) is 1. The van der Waals surface area contributed by atoms with Gasteiger partial charge in [-0.15, -0.1) is 0 Å². The van der Waals surface area contributed by atoms with E-state index in [1.165, 1.54) is 10.8 Å². The SMILES string of the molecule is CC(C)(CC(=O)O)CC(=O)N(Cc1ccccc1)C[C@@H]1C[C@H](O)[C@H](O)[C@H]1n1ccc(=O)[nH]c1=O. The molecule has 4 N–H and O–H groups in total. The molecule has 0 bridgehead atoms. The van der Waals surface area contributed by atoms with E-state index in [2.05, 4.69) is 4.98 Å². The number of rotatable bonds is 9. The van der Waals surface area contributed by atoms with E-state index in [0.717, 1.165) is 11.6 Å². The molecule has 1 aromatic carbocycles. The van der Waals surface area contributed by atoms with Gasteiger partial charge in [0.15, 0.2) is 0 Å². The van der Waals surface area contributed by atoms with E-state index in [4.69, 9.17) is 0 Å². The van der Waals surface area contributed by atoms with Gasteiger partial charge in [-0.05, 0) is 17.4 Å². The topological polar surface area (TPSA) is 153 Å². The Labute approximate surface area is 196 Å². The number of H-pyrrole nitrogens is 1. The maximum absolute atomic E-state index is 13.3. The van der Waals surface area contributed by atoms with Crippen LogP contribution in [0, 0.1) is 11.3 Å². The van der Waals surface area contributed by atoms with Crippen LogP contribution in [-0.2, 0) is 16.1 Å². The maximum atomic E-state index is 13.3. The molecular weight excluding hydrogens is 442 g/mol.